The number of amides is 1. The van der Waals surface area contributed by atoms with Crippen LogP contribution in [0.4, 0.5) is 0 Å². The molecule has 0 unspecified atom stereocenters. The second-order valence-electron chi connectivity index (χ2n) is 6.11. The van der Waals surface area contributed by atoms with Crippen LogP contribution in [0.15, 0.2) is 60.7 Å². The zero-order valence-electron chi connectivity index (χ0n) is 13.9. The first kappa shape index (κ1) is 16.2. The number of hydrogen-bond donors (Lipinski definition) is 0. The molecule has 1 aliphatic heterocycles. The summed E-state index contributed by atoms with van der Waals surface area (Å²) in [4.78, 5) is 27.2. The molecule has 3 rings (SSSR count). The molecule has 4 heteroatoms. The fourth-order valence-corrected chi connectivity index (χ4v) is 3.03. The van der Waals surface area contributed by atoms with Crippen molar-refractivity contribution in [2.45, 2.75) is 32.5 Å². The first-order chi connectivity index (χ1) is 11.6. The van der Waals surface area contributed by atoms with Gasteiger partial charge in [0.05, 0.1) is 0 Å². The van der Waals surface area contributed by atoms with E-state index in [1.165, 1.54) is 0 Å². The van der Waals surface area contributed by atoms with E-state index >= 15 is 0 Å². The molecule has 1 heterocycles. The predicted octanol–water partition coefficient (Wildman–Crippen LogP) is 3.80. The topological polar surface area (TPSA) is 46.6 Å². The number of hydrogen-bond acceptors (Lipinski definition) is 3. The molecule has 3 atom stereocenters. The highest BCUT2D eigenvalue weighted by atomic mass is 16.6. The van der Waals surface area contributed by atoms with Crippen molar-refractivity contribution in [2.24, 2.45) is 5.92 Å². The smallest absolute Gasteiger partial charge is 0.331 e. The number of carbonyl (C=O) groups is 2. The molecule has 0 radical (unpaired) electrons. The number of esters is 1. The van der Waals surface area contributed by atoms with E-state index in [4.69, 9.17) is 4.74 Å². The van der Waals surface area contributed by atoms with Gasteiger partial charge in [0.25, 0.3) is 5.91 Å². The Kier molecular flexibility index (Phi) is 4.65. The highest BCUT2D eigenvalue weighted by Gasteiger charge is 2.47. The SMILES string of the molecule is CC[C@H](C)[C@@H]1C(=O)O[C@@H](c2ccccc2)N1C(=O)c1ccccc1. The molecule has 1 fully saturated rings. The number of cyclic esters (lactones) is 1. The van der Waals surface area contributed by atoms with E-state index in [2.05, 4.69) is 0 Å². The average molecular weight is 323 g/mol. The molecule has 1 saturated heterocycles. The number of benzene rings is 2. The number of carbonyl (C=O) groups excluding carboxylic acids is 2. The zero-order chi connectivity index (χ0) is 17.1. The average Bonchev–Trinajstić information content (AvgIpc) is 2.99. The molecule has 1 amide bonds. The van der Waals surface area contributed by atoms with Crippen molar-refractivity contribution < 1.29 is 14.3 Å². The predicted molar refractivity (Wildman–Crippen MR) is 91.1 cm³/mol. The summed E-state index contributed by atoms with van der Waals surface area (Å²) < 4.78 is 5.60. The molecule has 2 aromatic carbocycles. The van der Waals surface area contributed by atoms with E-state index in [1.54, 1.807) is 17.0 Å². The van der Waals surface area contributed by atoms with Crippen molar-refractivity contribution in [1.82, 2.24) is 4.90 Å². The summed E-state index contributed by atoms with van der Waals surface area (Å²) in [5.41, 5.74) is 1.37. The minimum Gasteiger partial charge on any atom is -0.435 e. The lowest BCUT2D eigenvalue weighted by atomic mass is 9.97. The Bertz CT molecular complexity index is 714. The molecule has 0 aliphatic carbocycles. The first-order valence-electron chi connectivity index (χ1n) is 8.26. The van der Waals surface area contributed by atoms with Gasteiger partial charge < -0.3 is 4.74 Å². The molecule has 0 aromatic heterocycles. The van der Waals surface area contributed by atoms with E-state index in [0.29, 0.717) is 5.56 Å². The Balaban J connectivity index is 2.03. The maximum atomic E-state index is 13.1. The van der Waals surface area contributed by atoms with Gasteiger partial charge in [-0.25, -0.2) is 4.79 Å². The van der Waals surface area contributed by atoms with Crippen LogP contribution in [-0.4, -0.2) is 22.8 Å². The Morgan fingerprint density at radius 1 is 1.08 bits per heavy atom. The second kappa shape index (κ2) is 6.87. The quantitative estimate of drug-likeness (QED) is 0.804. The van der Waals surface area contributed by atoms with Gasteiger partial charge in [-0.2, -0.15) is 0 Å². The molecule has 0 N–H and O–H groups in total. The minimum absolute atomic E-state index is 0.0267. The summed E-state index contributed by atoms with van der Waals surface area (Å²) in [5.74, 6) is -0.484. The normalized spacial score (nSPS) is 21.4. The fourth-order valence-electron chi connectivity index (χ4n) is 3.03. The summed E-state index contributed by atoms with van der Waals surface area (Å²) in [5, 5.41) is 0. The van der Waals surface area contributed by atoms with Crippen LogP contribution >= 0.6 is 0 Å². The Hall–Kier alpha value is -2.62. The molecule has 4 nitrogen and oxygen atoms in total. The van der Waals surface area contributed by atoms with Crippen LogP contribution in [0.1, 0.15) is 42.4 Å². The molecule has 0 spiro atoms. The van der Waals surface area contributed by atoms with Crippen molar-refractivity contribution in [1.29, 1.82) is 0 Å². The van der Waals surface area contributed by atoms with E-state index in [1.807, 2.05) is 62.4 Å². The van der Waals surface area contributed by atoms with Crippen LogP contribution in [0.3, 0.4) is 0 Å². The maximum absolute atomic E-state index is 13.1. The lowest BCUT2D eigenvalue weighted by molar-refractivity contribution is -0.143. The van der Waals surface area contributed by atoms with Crippen molar-refractivity contribution in [3.05, 3.63) is 71.8 Å². The Morgan fingerprint density at radius 2 is 1.67 bits per heavy atom. The molecule has 0 bridgehead atoms. The molecular formula is C20H21NO3. The largest absolute Gasteiger partial charge is 0.435 e. The zero-order valence-corrected chi connectivity index (χ0v) is 13.9. The molecular weight excluding hydrogens is 302 g/mol. The summed E-state index contributed by atoms with van der Waals surface area (Å²) >= 11 is 0. The van der Waals surface area contributed by atoms with Crippen molar-refractivity contribution in [3.8, 4) is 0 Å². The third-order valence-electron chi connectivity index (χ3n) is 4.54. The summed E-state index contributed by atoms with van der Waals surface area (Å²) in [7, 11) is 0. The summed E-state index contributed by atoms with van der Waals surface area (Å²) in [6.45, 7) is 3.99. The van der Waals surface area contributed by atoms with Gasteiger partial charge in [0.2, 0.25) is 6.23 Å². The van der Waals surface area contributed by atoms with Crippen LogP contribution in [0, 0.1) is 5.92 Å². The van der Waals surface area contributed by atoms with Crippen LogP contribution < -0.4 is 0 Å². The van der Waals surface area contributed by atoms with E-state index in [-0.39, 0.29) is 17.8 Å². The second-order valence-corrected chi connectivity index (χ2v) is 6.11. The molecule has 1 aliphatic rings. The van der Waals surface area contributed by atoms with E-state index < -0.39 is 12.3 Å². The van der Waals surface area contributed by atoms with Gasteiger partial charge in [0, 0.05) is 11.1 Å². The van der Waals surface area contributed by atoms with Crippen molar-refractivity contribution >= 4 is 11.9 Å². The summed E-state index contributed by atoms with van der Waals surface area (Å²) in [6.07, 6.45) is 0.116. The molecule has 24 heavy (non-hydrogen) atoms. The molecule has 2 aromatic rings. The highest BCUT2D eigenvalue weighted by Crippen LogP contribution is 2.36. The minimum atomic E-state index is -0.676. The molecule has 124 valence electrons. The van der Waals surface area contributed by atoms with Gasteiger partial charge in [-0.1, -0.05) is 68.8 Å². The third-order valence-corrected chi connectivity index (χ3v) is 4.54. The van der Waals surface area contributed by atoms with Crippen molar-refractivity contribution in [2.75, 3.05) is 0 Å². The van der Waals surface area contributed by atoms with Gasteiger partial charge in [0.15, 0.2) is 0 Å². The highest BCUT2D eigenvalue weighted by molar-refractivity contribution is 5.98. The monoisotopic (exact) mass is 323 g/mol. The number of rotatable bonds is 4. The summed E-state index contributed by atoms with van der Waals surface area (Å²) in [6, 6.07) is 17.9. The first-order valence-corrected chi connectivity index (χ1v) is 8.26. The van der Waals surface area contributed by atoms with Gasteiger partial charge in [-0.15, -0.1) is 0 Å². The van der Waals surface area contributed by atoms with Gasteiger partial charge in [0.1, 0.15) is 6.04 Å². The Labute approximate surface area is 142 Å². The van der Waals surface area contributed by atoms with Crippen LogP contribution in [0.5, 0.6) is 0 Å². The number of nitrogens with zero attached hydrogens (tertiary/aromatic N) is 1. The standard InChI is InChI=1S/C20H21NO3/c1-3-14(2)17-20(23)24-19(16-12-8-5-9-13-16)21(17)18(22)15-10-6-4-7-11-15/h4-14,17,19H,3H2,1-2H3/t14-,17+,19-/m0/s1. The van der Waals surface area contributed by atoms with Gasteiger partial charge in [-0.3, -0.25) is 9.69 Å². The lowest BCUT2D eigenvalue weighted by Crippen LogP contribution is -2.43. The van der Waals surface area contributed by atoms with Crippen LogP contribution in [-0.2, 0) is 9.53 Å². The van der Waals surface area contributed by atoms with Crippen LogP contribution in [0.25, 0.3) is 0 Å². The Morgan fingerprint density at radius 3 is 2.25 bits per heavy atom. The molecule has 0 saturated carbocycles. The third kappa shape index (κ3) is 2.92. The number of ether oxygens (including phenoxy) is 1. The van der Waals surface area contributed by atoms with Gasteiger partial charge in [-0.05, 0) is 18.1 Å². The van der Waals surface area contributed by atoms with E-state index in [0.717, 1.165) is 12.0 Å². The van der Waals surface area contributed by atoms with Gasteiger partial charge >= 0.3 is 5.97 Å². The lowest BCUT2D eigenvalue weighted by Gasteiger charge is -2.29. The van der Waals surface area contributed by atoms with Crippen LogP contribution in [0.2, 0.25) is 0 Å². The maximum Gasteiger partial charge on any atom is 0.331 e. The fraction of sp³-hybridized carbons (Fsp3) is 0.300. The van der Waals surface area contributed by atoms with E-state index in [9.17, 15) is 9.59 Å². The van der Waals surface area contributed by atoms with Crippen molar-refractivity contribution in [3.63, 3.8) is 0 Å².